The number of nitrogen functional groups attached to an aromatic ring is 1. The largest absolute Gasteiger partial charge is 0.496 e. The fourth-order valence-electron chi connectivity index (χ4n) is 1.84. The van der Waals surface area contributed by atoms with Crippen LogP contribution in [0.3, 0.4) is 0 Å². The van der Waals surface area contributed by atoms with Crippen LogP contribution in [0.25, 0.3) is 0 Å². The number of rotatable bonds is 3. The predicted molar refractivity (Wildman–Crippen MR) is 79.7 cm³/mol. The topological polar surface area (TPSA) is 52.3 Å². The fourth-order valence-corrected chi connectivity index (χ4v) is 2.38. The Morgan fingerprint density at radius 3 is 2.63 bits per heavy atom. The highest BCUT2D eigenvalue weighted by Crippen LogP contribution is 2.28. The van der Waals surface area contributed by atoms with Gasteiger partial charge in [0.05, 0.1) is 11.6 Å². The Hall–Kier alpha value is -1.81. The van der Waals surface area contributed by atoms with Gasteiger partial charge >= 0.3 is 0 Å². The van der Waals surface area contributed by atoms with E-state index < -0.39 is 0 Å². The zero-order valence-corrected chi connectivity index (χ0v) is 12.3. The fraction of sp³-hybridized carbons (Fsp3) is 0.133. The summed E-state index contributed by atoms with van der Waals surface area (Å²) in [5.41, 5.74) is 8.49. The van der Waals surface area contributed by atoms with Crippen LogP contribution in [-0.4, -0.2) is 12.9 Å². The summed E-state index contributed by atoms with van der Waals surface area (Å²) in [6.45, 7) is 1.88. The van der Waals surface area contributed by atoms with Gasteiger partial charge in [0.2, 0.25) is 0 Å². The quantitative estimate of drug-likeness (QED) is 0.695. The molecule has 0 atom stereocenters. The van der Waals surface area contributed by atoms with Gasteiger partial charge in [-0.25, -0.2) is 0 Å². The molecule has 0 aliphatic heterocycles. The van der Waals surface area contributed by atoms with E-state index in [4.69, 9.17) is 10.5 Å². The first kappa shape index (κ1) is 13.6. The van der Waals surface area contributed by atoms with Gasteiger partial charge in [-0.1, -0.05) is 12.1 Å². The molecular formula is C15H14BrNO2. The van der Waals surface area contributed by atoms with Gasteiger partial charge in [-0.15, -0.1) is 0 Å². The van der Waals surface area contributed by atoms with Crippen molar-refractivity contribution in [1.82, 2.24) is 0 Å². The minimum atomic E-state index is -0.0930. The van der Waals surface area contributed by atoms with Crippen LogP contribution in [0, 0.1) is 6.92 Å². The number of halogens is 1. The highest BCUT2D eigenvalue weighted by molar-refractivity contribution is 9.10. The molecule has 0 unspecified atom stereocenters. The standard InChI is InChI=1S/C15H14BrNO2/c1-9-4-3-5-11(14(9)17)15(18)10-6-7-13(19-2)12(16)8-10/h3-8H,17H2,1-2H3. The highest BCUT2D eigenvalue weighted by atomic mass is 79.9. The first-order valence-electron chi connectivity index (χ1n) is 5.78. The second-order valence-corrected chi connectivity index (χ2v) is 5.07. The van der Waals surface area contributed by atoms with Crippen molar-refractivity contribution in [3.05, 3.63) is 57.6 Å². The molecule has 0 aliphatic rings. The Morgan fingerprint density at radius 1 is 1.26 bits per heavy atom. The van der Waals surface area contributed by atoms with E-state index in [0.29, 0.717) is 22.6 Å². The Bertz CT molecular complexity index is 638. The number of aryl methyl sites for hydroxylation is 1. The van der Waals surface area contributed by atoms with Crippen LogP contribution in [0.5, 0.6) is 5.75 Å². The number of nitrogens with two attached hydrogens (primary N) is 1. The van der Waals surface area contributed by atoms with E-state index in [1.54, 1.807) is 31.4 Å². The van der Waals surface area contributed by atoms with Crippen molar-refractivity contribution in [3.63, 3.8) is 0 Å². The van der Waals surface area contributed by atoms with E-state index in [1.807, 2.05) is 19.1 Å². The first-order chi connectivity index (χ1) is 9.04. The molecule has 0 aromatic heterocycles. The molecule has 0 bridgehead atoms. The van der Waals surface area contributed by atoms with Crippen molar-refractivity contribution in [2.75, 3.05) is 12.8 Å². The lowest BCUT2D eigenvalue weighted by Crippen LogP contribution is -2.06. The van der Waals surface area contributed by atoms with Crippen LogP contribution in [0.2, 0.25) is 0 Å². The van der Waals surface area contributed by atoms with E-state index in [0.717, 1.165) is 10.0 Å². The summed E-state index contributed by atoms with van der Waals surface area (Å²) >= 11 is 3.37. The van der Waals surface area contributed by atoms with Crippen molar-refractivity contribution in [2.45, 2.75) is 6.92 Å². The van der Waals surface area contributed by atoms with Crippen molar-refractivity contribution in [1.29, 1.82) is 0 Å². The third-order valence-corrected chi connectivity index (χ3v) is 3.60. The van der Waals surface area contributed by atoms with Crippen molar-refractivity contribution >= 4 is 27.4 Å². The number of para-hydroxylation sites is 1. The molecule has 0 amide bonds. The van der Waals surface area contributed by atoms with Crippen LogP contribution < -0.4 is 10.5 Å². The van der Waals surface area contributed by atoms with Crippen molar-refractivity contribution < 1.29 is 9.53 Å². The van der Waals surface area contributed by atoms with Crippen LogP contribution in [-0.2, 0) is 0 Å². The summed E-state index contributed by atoms with van der Waals surface area (Å²) in [5, 5.41) is 0. The number of hydrogen-bond donors (Lipinski definition) is 1. The molecule has 2 aromatic rings. The molecule has 0 radical (unpaired) electrons. The first-order valence-corrected chi connectivity index (χ1v) is 6.57. The molecule has 2 aromatic carbocycles. The number of benzene rings is 2. The van der Waals surface area contributed by atoms with Gasteiger partial charge in [0.1, 0.15) is 5.75 Å². The minimum absolute atomic E-state index is 0.0930. The summed E-state index contributed by atoms with van der Waals surface area (Å²) in [6.07, 6.45) is 0. The number of methoxy groups -OCH3 is 1. The molecule has 0 aliphatic carbocycles. The van der Waals surface area contributed by atoms with Gasteiger partial charge in [0, 0.05) is 16.8 Å². The maximum atomic E-state index is 12.4. The van der Waals surface area contributed by atoms with Gasteiger partial charge in [-0.3, -0.25) is 4.79 Å². The van der Waals surface area contributed by atoms with E-state index in [1.165, 1.54) is 0 Å². The molecule has 0 saturated heterocycles. The van der Waals surface area contributed by atoms with Gasteiger partial charge in [0.25, 0.3) is 0 Å². The molecule has 19 heavy (non-hydrogen) atoms. The average molecular weight is 320 g/mol. The maximum absolute atomic E-state index is 12.4. The summed E-state index contributed by atoms with van der Waals surface area (Å²) < 4.78 is 5.89. The van der Waals surface area contributed by atoms with Crippen molar-refractivity contribution in [3.8, 4) is 5.75 Å². The molecule has 2 rings (SSSR count). The SMILES string of the molecule is COc1ccc(C(=O)c2cccc(C)c2N)cc1Br. The van der Waals surface area contributed by atoms with E-state index in [9.17, 15) is 4.79 Å². The third kappa shape index (κ3) is 2.63. The lowest BCUT2D eigenvalue weighted by Gasteiger charge is -2.09. The molecule has 2 N–H and O–H groups in total. The third-order valence-electron chi connectivity index (χ3n) is 2.98. The number of ketones is 1. The number of carbonyl (C=O) groups excluding carboxylic acids is 1. The van der Waals surface area contributed by atoms with Crippen LogP contribution in [0.1, 0.15) is 21.5 Å². The zero-order chi connectivity index (χ0) is 14.0. The zero-order valence-electron chi connectivity index (χ0n) is 10.7. The molecule has 0 spiro atoms. The van der Waals surface area contributed by atoms with Crippen LogP contribution >= 0.6 is 15.9 Å². The van der Waals surface area contributed by atoms with Gasteiger partial charge < -0.3 is 10.5 Å². The molecule has 98 valence electrons. The van der Waals surface area contributed by atoms with Gasteiger partial charge in [-0.05, 0) is 52.7 Å². The summed E-state index contributed by atoms with van der Waals surface area (Å²) in [4.78, 5) is 12.4. The lowest BCUT2D eigenvalue weighted by molar-refractivity contribution is 0.103. The summed E-state index contributed by atoms with van der Waals surface area (Å²) in [7, 11) is 1.58. The number of ether oxygens (including phenoxy) is 1. The van der Waals surface area contributed by atoms with Crippen LogP contribution in [0.15, 0.2) is 40.9 Å². The molecule has 0 heterocycles. The molecule has 0 saturated carbocycles. The Labute approximate surface area is 120 Å². The van der Waals surface area contributed by atoms with E-state index in [2.05, 4.69) is 15.9 Å². The summed E-state index contributed by atoms with van der Waals surface area (Å²) in [6, 6.07) is 10.7. The molecular weight excluding hydrogens is 306 g/mol. The molecule has 3 nitrogen and oxygen atoms in total. The summed E-state index contributed by atoms with van der Waals surface area (Å²) in [5.74, 6) is 0.596. The number of carbonyl (C=O) groups is 1. The van der Waals surface area contributed by atoms with Crippen LogP contribution in [0.4, 0.5) is 5.69 Å². The highest BCUT2D eigenvalue weighted by Gasteiger charge is 2.14. The Balaban J connectivity index is 2.44. The lowest BCUT2D eigenvalue weighted by atomic mass is 9.99. The normalized spacial score (nSPS) is 10.3. The second-order valence-electron chi connectivity index (χ2n) is 4.21. The average Bonchev–Trinajstić information content (AvgIpc) is 2.41. The second kappa shape index (κ2) is 5.45. The number of anilines is 1. The maximum Gasteiger partial charge on any atom is 0.195 e. The van der Waals surface area contributed by atoms with Gasteiger partial charge in [0.15, 0.2) is 5.78 Å². The van der Waals surface area contributed by atoms with Gasteiger partial charge in [-0.2, -0.15) is 0 Å². The van der Waals surface area contributed by atoms with Crippen molar-refractivity contribution in [2.24, 2.45) is 0 Å². The number of hydrogen-bond acceptors (Lipinski definition) is 3. The van der Waals surface area contributed by atoms with E-state index >= 15 is 0 Å². The molecule has 4 heteroatoms. The smallest absolute Gasteiger partial charge is 0.195 e. The molecule has 0 fully saturated rings. The monoisotopic (exact) mass is 319 g/mol. The predicted octanol–water partition coefficient (Wildman–Crippen LogP) is 3.58. The Kier molecular flexibility index (Phi) is 3.90. The van der Waals surface area contributed by atoms with E-state index in [-0.39, 0.29) is 5.78 Å². The minimum Gasteiger partial charge on any atom is -0.496 e. The Morgan fingerprint density at radius 2 is 2.00 bits per heavy atom.